The van der Waals surface area contributed by atoms with Crippen LogP contribution in [-0.2, 0) is 12.8 Å². The lowest BCUT2D eigenvalue weighted by Crippen LogP contribution is -2.22. The molecule has 0 radical (unpaired) electrons. The molecule has 76 valence electrons. The van der Waals surface area contributed by atoms with Crippen molar-refractivity contribution in [1.82, 2.24) is 9.55 Å². The van der Waals surface area contributed by atoms with E-state index in [1.54, 1.807) is 0 Å². The van der Waals surface area contributed by atoms with Crippen LogP contribution in [0.15, 0.2) is 0 Å². The van der Waals surface area contributed by atoms with Crippen LogP contribution < -0.4 is 5.32 Å². The summed E-state index contributed by atoms with van der Waals surface area (Å²) in [5.74, 6) is 1.12. The molecule has 1 aromatic rings. The summed E-state index contributed by atoms with van der Waals surface area (Å²) in [5, 5.41) is 3.40. The predicted octanol–water partition coefficient (Wildman–Crippen LogP) is 2.14. The lowest BCUT2D eigenvalue weighted by molar-refractivity contribution is 0.474. The van der Waals surface area contributed by atoms with Crippen molar-refractivity contribution < 1.29 is 0 Å². The highest BCUT2D eigenvalue weighted by Gasteiger charge is 2.24. The quantitative estimate of drug-likeness (QED) is 0.681. The first kappa shape index (κ1) is 8.33. The molecule has 3 nitrogen and oxygen atoms in total. The summed E-state index contributed by atoms with van der Waals surface area (Å²) in [5.41, 5.74) is 2.86. The summed E-state index contributed by atoms with van der Waals surface area (Å²) in [4.78, 5) is 4.69. The van der Waals surface area contributed by atoms with Gasteiger partial charge in [0.05, 0.1) is 5.69 Å². The van der Waals surface area contributed by atoms with Gasteiger partial charge in [-0.25, -0.2) is 4.98 Å². The van der Waals surface area contributed by atoms with Crippen molar-refractivity contribution in [3.8, 4) is 0 Å². The zero-order valence-electron chi connectivity index (χ0n) is 8.71. The van der Waals surface area contributed by atoms with Crippen LogP contribution in [0, 0.1) is 0 Å². The lowest BCUT2D eigenvalue weighted by Gasteiger charge is -2.25. The maximum Gasteiger partial charge on any atom is 0.203 e. The normalized spacial score (nSPS) is 25.1. The van der Waals surface area contributed by atoms with Gasteiger partial charge in [-0.1, -0.05) is 0 Å². The van der Waals surface area contributed by atoms with Gasteiger partial charge in [0.25, 0.3) is 0 Å². The average Bonchev–Trinajstić information content (AvgIpc) is 2.57. The Morgan fingerprint density at radius 3 is 3.14 bits per heavy atom. The predicted molar refractivity (Wildman–Crippen MR) is 56.7 cm³/mol. The van der Waals surface area contributed by atoms with E-state index in [4.69, 9.17) is 4.98 Å². The molecule has 0 aromatic carbocycles. The van der Waals surface area contributed by atoms with Gasteiger partial charge in [-0.05, 0) is 39.0 Å². The maximum absolute atomic E-state index is 4.69. The van der Waals surface area contributed by atoms with Crippen LogP contribution in [-0.4, -0.2) is 16.1 Å². The Bertz CT molecular complexity index is 354. The maximum atomic E-state index is 4.69. The Hall–Kier alpha value is -0.990. The van der Waals surface area contributed by atoms with E-state index in [0.717, 1.165) is 12.5 Å². The lowest BCUT2D eigenvalue weighted by atomic mass is 10.0. The van der Waals surface area contributed by atoms with Crippen LogP contribution in [0.2, 0.25) is 0 Å². The molecule has 0 fully saturated rings. The molecule has 0 spiro atoms. The van der Waals surface area contributed by atoms with Crippen molar-refractivity contribution in [2.24, 2.45) is 0 Å². The topological polar surface area (TPSA) is 29.9 Å². The number of hydrogen-bond donors (Lipinski definition) is 1. The molecule has 1 atom stereocenters. The van der Waals surface area contributed by atoms with Crippen molar-refractivity contribution in [3.63, 3.8) is 0 Å². The van der Waals surface area contributed by atoms with Gasteiger partial charge >= 0.3 is 0 Å². The smallest absolute Gasteiger partial charge is 0.203 e. The molecule has 1 N–H and O–H groups in total. The van der Waals surface area contributed by atoms with Crippen molar-refractivity contribution >= 4 is 5.95 Å². The van der Waals surface area contributed by atoms with E-state index < -0.39 is 0 Å². The van der Waals surface area contributed by atoms with Crippen LogP contribution in [0.4, 0.5) is 5.95 Å². The van der Waals surface area contributed by atoms with Crippen molar-refractivity contribution in [1.29, 1.82) is 0 Å². The summed E-state index contributed by atoms with van der Waals surface area (Å²) >= 11 is 0. The van der Waals surface area contributed by atoms with E-state index in [1.165, 1.54) is 43.5 Å². The summed E-state index contributed by atoms with van der Waals surface area (Å²) in [6.07, 6.45) is 6.30. The number of rotatable bonds is 0. The van der Waals surface area contributed by atoms with E-state index in [0.29, 0.717) is 6.04 Å². The fourth-order valence-corrected chi connectivity index (χ4v) is 2.68. The molecule has 1 aliphatic heterocycles. The van der Waals surface area contributed by atoms with Gasteiger partial charge < -0.3 is 9.88 Å². The van der Waals surface area contributed by atoms with Gasteiger partial charge in [-0.3, -0.25) is 0 Å². The highest BCUT2D eigenvalue weighted by Crippen LogP contribution is 2.31. The summed E-state index contributed by atoms with van der Waals surface area (Å²) in [6, 6.07) is 0.639. The molecular formula is C11H17N3. The third kappa shape index (κ3) is 1.08. The van der Waals surface area contributed by atoms with Crippen LogP contribution in [0.5, 0.6) is 0 Å². The summed E-state index contributed by atoms with van der Waals surface area (Å²) in [7, 11) is 0. The largest absolute Gasteiger partial charge is 0.356 e. The fraction of sp³-hybridized carbons (Fsp3) is 0.727. The third-order valence-electron chi connectivity index (χ3n) is 3.46. The highest BCUT2D eigenvalue weighted by atomic mass is 15.3. The Morgan fingerprint density at radius 1 is 1.36 bits per heavy atom. The molecule has 2 heterocycles. The van der Waals surface area contributed by atoms with Gasteiger partial charge in [0.15, 0.2) is 0 Å². The number of aromatic nitrogens is 2. The minimum atomic E-state index is 0.639. The second-order valence-electron chi connectivity index (χ2n) is 4.47. The molecule has 3 heteroatoms. The van der Waals surface area contributed by atoms with Crippen LogP contribution in [0.3, 0.4) is 0 Å². The number of hydrogen-bond acceptors (Lipinski definition) is 2. The third-order valence-corrected chi connectivity index (χ3v) is 3.46. The molecule has 1 unspecified atom stereocenters. The highest BCUT2D eigenvalue weighted by molar-refractivity contribution is 5.37. The van der Waals surface area contributed by atoms with Gasteiger partial charge in [0, 0.05) is 18.3 Å². The zero-order chi connectivity index (χ0) is 9.54. The number of imidazole rings is 1. The monoisotopic (exact) mass is 191 g/mol. The fourth-order valence-electron chi connectivity index (χ4n) is 2.68. The molecule has 0 amide bonds. The van der Waals surface area contributed by atoms with E-state index in [1.807, 2.05) is 0 Å². The Labute approximate surface area is 84.5 Å². The zero-order valence-corrected chi connectivity index (χ0v) is 8.71. The first-order valence-electron chi connectivity index (χ1n) is 5.70. The van der Waals surface area contributed by atoms with E-state index in [9.17, 15) is 0 Å². The van der Waals surface area contributed by atoms with Gasteiger partial charge in [0.1, 0.15) is 0 Å². The van der Waals surface area contributed by atoms with E-state index in [-0.39, 0.29) is 0 Å². The van der Waals surface area contributed by atoms with Gasteiger partial charge in [-0.2, -0.15) is 0 Å². The first-order chi connectivity index (χ1) is 6.86. The number of nitrogens with zero attached hydrogens (tertiary/aromatic N) is 2. The minimum Gasteiger partial charge on any atom is -0.356 e. The van der Waals surface area contributed by atoms with E-state index in [2.05, 4.69) is 16.8 Å². The molecule has 0 bridgehead atoms. The molecule has 14 heavy (non-hydrogen) atoms. The molecule has 3 rings (SSSR count). The second-order valence-corrected chi connectivity index (χ2v) is 4.47. The molecule has 1 aromatic heterocycles. The van der Waals surface area contributed by atoms with Crippen LogP contribution >= 0.6 is 0 Å². The summed E-state index contributed by atoms with van der Waals surface area (Å²) < 4.78 is 2.43. The molecule has 1 aliphatic carbocycles. The van der Waals surface area contributed by atoms with Crippen LogP contribution in [0.25, 0.3) is 0 Å². The molecule has 2 aliphatic rings. The molecule has 0 saturated heterocycles. The van der Waals surface area contributed by atoms with Crippen molar-refractivity contribution in [2.75, 3.05) is 11.9 Å². The molecule has 0 saturated carbocycles. The standard InChI is InChI=1S/C11H17N3/c1-8-6-7-12-11-13-9-4-2-3-5-10(9)14(8)11/h8H,2-7H2,1H3,(H,12,13). The van der Waals surface area contributed by atoms with Gasteiger partial charge in [-0.15, -0.1) is 0 Å². The van der Waals surface area contributed by atoms with Crippen LogP contribution in [0.1, 0.15) is 43.6 Å². The van der Waals surface area contributed by atoms with Crippen molar-refractivity contribution in [3.05, 3.63) is 11.4 Å². The Kier molecular flexibility index (Phi) is 1.79. The Morgan fingerprint density at radius 2 is 2.21 bits per heavy atom. The van der Waals surface area contributed by atoms with E-state index >= 15 is 0 Å². The SMILES string of the molecule is CC1CCNc2nc3c(n21)CCCC3. The minimum absolute atomic E-state index is 0.639. The Balaban J connectivity index is 2.12. The first-order valence-corrected chi connectivity index (χ1v) is 5.70. The average molecular weight is 191 g/mol. The summed E-state index contributed by atoms with van der Waals surface area (Å²) in [6.45, 7) is 3.39. The van der Waals surface area contributed by atoms with Crippen molar-refractivity contribution in [2.45, 2.75) is 45.1 Å². The number of nitrogens with one attached hydrogen (secondary N) is 1. The van der Waals surface area contributed by atoms with Gasteiger partial charge in [0.2, 0.25) is 5.95 Å². The second kappa shape index (κ2) is 3.01. The number of fused-ring (bicyclic) bond motifs is 3. The molecular weight excluding hydrogens is 174 g/mol. The number of anilines is 1. The number of aryl methyl sites for hydroxylation is 1.